The Labute approximate surface area is 149 Å². The van der Waals surface area contributed by atoms with Gasteiger partial charge >= 0.3 is 0 Å². The molecule has 0 unspecified atom stereocenters. The minimum atomic E-state index is 0.163. The highest BCUT2D eigenvalue weighted by Gasteiger charge is 2.13. The van der Waals surface area contributed by atoms with E-state index >= 15 is 0 Å². The van der Waals surface area contributed by atoms with Crippen LogP contribution in [0.15, 0.2) is 54.7 Å². The van der Waals surface area contributed by atoms with E-state index in [1.807, 2.05) is 42.6 Å². The molecule has 0 spiro atoms. The van der Waals surface area contributed by atoms with Gasteiger partial charge in [-0.3, -0.25) is 0 Å². The Morgan fingerprint density at radius 1 is 0.920 bits per heavy atom. The highest BCUT2D eigenvalue weighted by Crippen LogP contribution is 2.25. The second kappa shape index (κ2) is 6.98. The van der Waals surface area contributed by atoms with Crippen LogP contribution in [-0.4, -0.2) is 17.1 Å². The highest BCUT2D eigenvalue weighted by atomic mass is 16.5. The summed E-state index contributed by atoms with van der Waals surface area (Å²) in [7, 11) is 1.67. The zero-order valence-corrected chi connectivity index (χ0v) is 15.2. The normalized spacial score (nSPS) is 11.8. The van der Waals surface area contributed by atoms with Gasteiger partial charge in [0.05, 0.1) is 12.8 Å². The van der Waals surface area contributed by atoms with Gasteiger partial charge in [-0.25, -0.2) is 4.98 Å². The number of aromatic amines is 1. The number of hydrogen-bond acceptors (Lipinski definition) is 2. The number of ether oxygens (including phenoxy) is 1. The number of nitrogens with zero attached hydrogens (tertiary/aromatic N) is 1. The predicted octanol–water partition coefficient (Wildman–Crippen LogP) is 5.55. The smallest absolute Gasteiger partial charge is 0.130 e. The van der Waals surface area contributed by atoms with E-state index in [9.17, 15) is 0 Å². The molecule has 0 aliphatic carbocycles. The maximum absolute atomic E-state index is 5.17. The van der Waals surface area contributed by atoms with Crippen LogP contribution in [0.4, 0.5) is 0 Å². The Kier molecular flexibility index (Phi) is 4.75. The fourth-order valence-corrected chi connectivity index (χ4v) is 2.60. The fourth-order valence-electron chi connectivity index (χ4n) is 2.60. The topological polar surface area (TPSA) is 37.9 Å². The zero-order chi connectivity index (χ0) is 17.9. The molecule has 0 radical (unpaired) electrons. The highest BCUT2D eigenvalue weighted by molar-refractivity contribution is 5.69. The van der Waals surface area contributed by atoms with Gasteiger partial charge in [0.15, 0.2) is 0 Å². The average molecular weight is 332 g/mol. The second-order valence-electron chi connectivity index (χ2n) is 7.10. The molecule has 0 atom stereocenters. The first-order chi connectivity index (χ1) is 12.0. The monoisotopic (exact) mass is 332 g/mol. The lowest BCUT2D eigenvalue weighted by atomic mass is 9.86. The summed E-state index contributed by atoms with van der Waals surface area (Å²) in [6, 6.07) is 16.6. The van der Waals surface area contributed by atoms with E-state index in [1.54, 1.807) is 7.11 Å². The lowest BCUT2D eigenvalue weighted by Crippen LogP contribution is -2.10. The molecule has 128 valence electrons. The Bertz CT molecular complexity index is 850. The van der Waals surface area contributed by atoms with Crippen molar-refractivity contribution >= 4 is 12.2 Å². The van der Waals surface area contributed by atoms with Crippen LogP contribution < -0.4 is 4.74 Å². The number of H-pyrrole nitrogens is 1. The second-order valence-corrected chi connectivity index (χ2v) is 7.10. The maximum atomic E-state index is 5.17. The van der Waals surface area contributed by atoms with Crippen LogP contribution in [-0.2, 0) is 5.41 Å². The first-order valence-electron chi connectivity index (χ1n) is 8.44. The standard InChI is InChI=1S/C22H24N2O/c1-22(2,3)18-10-8-17(9-11-18)20-15-23-21(24-20)14-7-16-5-12-19(25-4)13-6-16/h5-15H,1-4H3,(H,23,24). The minimum absolute atomic E-state index is 0.163. The van der Waals surface area contributed by atoms with Crippen molar-refractivity contribution < 1.29 is 4.74 Å². The average Bonchev–Trinajstić information content (AvgIpc) is 3.09. The van der Waals surface area contributed by atoms with Crippen LogP contribution in [0.5, 0.6) is 5.75 Å². The molecule has 0 aliphatic rings. The molecule has 0 aliphatic heterocycles. The van der Waals surface area contributed by atoms with Crippen molar-refractivity contribution in [1.82, 2.24) is 9.97 Å². The molecule has 1 aromatic heterocycles. The minimum Gasteiger partial charge on any atom is -0.497 e. The van der Waals surface area contributed by atoms with Crippen molar-refractivity contribution in [2.75, 3.05) is 7.11 Å². The number of benzene rings is 2. The SMILES string of the molecule is COc1ccc(C=Cc2nc(-c3ccc(C(C)(C)C)cc3)c[nH]2)cc1. The molecular formula is C22H24N2O. The molecule has 0 saturated heterocycles. The van der Waals surface area contributed by atoms with Crippen molar-refractivity contribution in [1.29, 1.82) is 0 Å². The Morgan fingerprint density at radius 2 is 1.60 bits per heavy atom. The van der Waals surface area contributed by atoms with Crippen molar-refractivity contribution in [2.45, 2.75) is 26.2 Å². The number of imidazole rings is 1. The zero-order valence-electron chi connectivity index (χ0n) is 15.2. The molecule has 0 saturated carbocycles. The fraction of sp³-hybridized carbons (Fsp3) is 0.227. The van der Waals surface area contributed by atoms with Crippen LogP contribution in [0, 0.1) is 0 Å². The number of hydrogen-bond donors (Lipinski definition) is 1. The van der Waals surface area contributed by atoms with E-state index in [0.29, 0.717) is 0 Å². The molecule has 3 aromatic rings. The van der Waals surface area contributed by atoms with Crippen LogP contribution >= 0.6 is 0 Å². The van der Waals surface area contributed by atoms with Gasteiger partial charge in [0, 0.05) is 11.8 Å². The number of methoxy groups -OCH3 is 1. The van der Waals surface area contributed by atoms with Gasteiger partial charge in [0.1, 0.15) is 11.6 Å². The lowest BCUT2D eigenvalue weighted by Gasteiger charge is -2.18. The molecule has 2 aromatic carbocycles. The molecule has 0 amide bonds. The van der Waals surface area contributed by atoms with E-state index in [2.05, 4.69) is 55.0 Å². The molecule has 0 bridgehead atoms. The van der Waals surface area contributed by atoms with Crippen molar-refractivity contribution in [3.8, 4) is 17.0 Å². The third kappa shape index (κ3) is 4.18. The summed E-state index contributed by atoms with van der Waals surface area (Å²) in [5, 5.41) is 0. The van der Waals surface area contributed by atoms with Gasteiger partial charge in [-0.15, -0.1) is 0 Å². The Balaban J connectivity index is 1.74. The first kappa shape index (κ1) is 17.0. The molecule has 0 fully saturated rings. The van der Waals surface area contributed by atoms with Crippen molar-refractivity contribution in [3.05, 3.63) is 71.7 Å². The largest absolute Gasteiger partial charge is 0.497 e. The molecule has 1 N–H and O–H groups in total. The third-order valence-corrected chi connectivity index (χ3v) is 4.19. The molecule has 3 rings (SSSR count). The van der Waals surface area contributed by atoms with Crippen LogP contribution in [0.25, 0.3) is 23.4 Å². The molecule has 3 heteroatoms. The summed E-state index contributed by atoms with van der Waals surface area (Å²) in [6.07, 6.45) is 5.96. The summed E-state index contributed by atoms with van der Waals surface area (Å²) in [5.41, 5.74) is 4.67. The van der Waals surface area contributed by atoms with Crippen LogP contribution in [0.1, 0.15) is 37.7 Å². The summed E-state index contributed by atoms with van der Waals surface area (Å²) in [6.45, 7) is 6.66. The Morgan fingerprint density at radius 3 is 2.20 bits per heavy atom. The van der Waals surface area contributed by atoms with Gasteiger partial charge in [-0.2, -0.15) is 0 Å². The van der Waals surface area contributed by atoms with E-state index < -0.39 is 0 Å². The van der Waals surface area contributed by atoms with E-state index in [4.69, 9.17) is 4.74 Å². The summed E-state index contributed by atoms with van der Waals surface area (Å²) >= 11 is 0. The van der Waals surface area contributed by atoms with Gasteiger partial charge in [-0.1, -0.05) is 63.2 Å². The van der Waals surface area contributed by atoms with Gasteiger partial charge in [0.25, 0.3) is 0 Å². The van der Waals surface area contributed by atoms with Crippen LogP contribution in [0.3, 0.4) is 0 Å². The summed E-state index contributed by atoms with van der Waals surface area (Å²) in [4.78, 5) is 7.87. The van der Waals surface area contributed by atoms with Gasteiger partial charge in [-0.05, 0) is 34.8 Å². The number of aromatic nitrogens is 2. The maximum Gasteiger partial charge on any atom is 0.130 e. The van der Waals surface area contributed by atoms with Crippen molar-refractivity contribution in [3.63, 3.8) is 0 Å². The quantitative estimate of drug-likeness (QED) is 0.680. The first-order valence-corrected chi connectivity index (χ1v) is 8.44. The van der Waals surface area contributed by atoms with Gasteiger partial charge < -0.3 is 9.72 Å². The Hall–Kier alpha value is -2.81. The van der Waals surface area contributed by atoms with Gasteiger partial charge in [0.2, 0.25) is 0 Å². The lowest BCUT2D eigenvalue weighted by molar-refractivity contribution is 0.415. The molecule has 25 heavy (non-hydrogen) atoms. The molecule has 1 heterocycles. The van der Waals surface area contributed by atoms with Crippen LogP contribution in [0.2, 0.25) is 0 Å². The van der Waals surface area contributed by atoms with E-state index in [-0.39, 0.29) is 5.41 Å². The third-order valence-electron chi connectivity index (χ3n) is 4.19. The molecule has 3 nitrogen and oxygen atoms in total. The number of rotatable bonds is 4. The number of nitrogens with one attached hydrogen (secondary N) is 1. The molecular weight excluding hydrogens is 308 g/mol. The van der Waals surface area contributed by atoms with Crippen molar-refractivity contribution in [2.24, 2.45) is 0 Å². The summed E-state index contributed by atoms with van der Waals surface area (Å²) in [5.74, 6) is 1.70. The summed E-state index contributed by atoms with van der Waals surface area (Å²) < 4.78 is 5.17. The predicted molar refractivity (Wildman–Crippen MR) is 105 cm³/mol. The van der Waals surface area contributed by atoms with E-state index in [0.717, 1.165) is 28.4 Å². The van der Waals surface area contributed by atoms with E-state index in [1.165, 1.54) is 5.56 Å².